The summed E-state index contributed by atoms with van der Waals surface area (Å²) in [4.78, 5) is 18.0. The number of fused-ring (bicyclic) bond motifs is 1. The fraction of sp³-hybridized carbons (Fsp3) is 0.444. The summed E-state index contributed by atoms with van der Waals surface area (Å²) in [5.41, 5.74) is 2.78. The van der Waals surface area contributed by atoms with Gasteiger partial charge in [-0.25, -0.2) is 4.98 Å². The largest absolute Gasteiger partial charge is 0.494 e. The lowest BCUT2D eigenvalue weighted by atomic mass is 9.95. The van der Waals surface area contributed by atoms with Gasteiger partial charge in [0.1, 0.15) is 23.9 Å². The van der Waals surface area contributed by atoms with E-state index >= 15 is 0 Å². The van der Waals surface area contributed by atoms with Crippen LogP contribution >= 0.6 is 11.3 Å². The second-order valence-electron chi connectivity index (χ2n) is 6.12. The topological polar surface area (TPSA) is 60.5 Å². The van der Waals surface area contributed by atoms with E-state index in [4.69, 9.17) is 9.47 Å². The van der Waals surface area contributed by atoms with Crippen LogP contribution in [-0.2, 0) is 11.2 Å². The maximum absolute atomic E-state index is 12.6. The lowest BCUT2D eigenvalue weighted by molar-refractivity contribution is -0.121. The van der Waals surface area contributed by atoms with E-state index in [0.29, 0.717) is 31.4 Å². The molecule has 1 amide bonds. The van der Waals surface area contributed by atoms with E-state index in [1.54, 1.807) is 16.8 Å². The first kappa shape index (κ1) is 16.8. The van der Waals surface area contributed by atoms with Crippen LogP contribution in [0.4, 0.5) is 5.82 Å². The van der Waals surface area contributed by atoms with Gasteiger partial charge in [0.15, 0.2) is 0 Å². The van der Waals surface area contributed by atoms with Crippen LogP contribution in [0.3, 0.4) is 0 Å². The molecule has 1 aromatic heterocycles. The summed E-state index contributed by atoms with van der Waals surface area (Å²) in [6.45, 7) is 7.14. The van der Waals surface area contributed by atoms with Gasteiger partial charge in [0.2, 0.25) is 5.91 Å². The van der Waals surface area contributed by atoms with Gasteiger partial charge in [-0.3, -0.25) is 4.79 Å². The van der Waals surface area contributed by atoms with Gasteiger partial charge >= 0.3 is 0 Å². The molecule has 2 aromatic rings. The van der Waals surface area contributed by atoms with Crippen molar-refractivity contribution in [3.05, 3.63) is 34.2 Å². The number of nitrogens with one attached hydrogen (secondary N) is 1. The van der Waals surface area contributed by atoms with E-state index in [0.717, 1.165) is 21.9 Å². The fourth-order valence-corrected chi connectivity index (χ4v) is 3.53. The summed E-state index contributed by atoms with van der Waals surface area (Å²) in [6.07, 6.45) is 0.642. The Morgan fingerprint density at radius 1 is 1.50 bits per heavy atom. The third kappa shape index (κ3) is 3.53. The lowest BCUT2D eigenvalue weighted by Gasteiger charge is -2.25. The van der Waals surface area contributed by atoms with Gasteiger partial charge in [-0.1, -0.05) is 13.8 Å². The predicted molar refractivity (Wildman–Crippen MR) is 95.1 cm³/mol. The normalized spacial score (nSPS) is 16.4. The van der Waals surface area contributed by atoms with E-state index in [-0.39, 0.29) is 11.8 Å². The third-order valence-corrected chi connectivity index (χ3v) is 5.11. The first-order valence-corrected chi connectivity index (χ1v) is 9.09. The number of hydrogen-bond acceptors (Lipinski definition) is 5. The van der Waals surface area contributed by atoms with Crippen molar-refractivity contribution in [1.29, 1.82) is 0 Å². The molecule has 0 aliphatic carbocycles. The molecule has 24 heavy (non-hydrogen) atoms. The Balaban J connectivity index is 1.71. The number of nitrogens with zero attached hydrogens (tertiary/aromatic N) is 1. The van der Waals surface area contributed by atoms with E-state index in [2.05, 4.69) is 24.1 Å². The number of carbonyl (C=O) groups excluding carboxylic acids is 1. The molecule has 0 saturated heterocycles. The summed E-state index contributed by atoms with van der Waals surface area (Å²) in [7, 11) is 0. The molecule has 0 spiro atoms. The molecule has 0 saturated carbocycles. The standard InChI is InChI=1S/C18H22N2O3S/c1-4-22-14-5-6-15-12(8-14)7-13(9-23-15)18(21)20-17-16(11(2)3)24-10-19-17/h5-6,8,10-11,13H,4,7,9H2,1-3H3,(H,20,21). The minimum absolute atomic E-state index is 0.0461. The maximum Gasteiger partial charge on any atom is 0.232 e. The van der Waals surface area contributed by atoms with Crippen molar-refractivity contribution in [2.75, 3.05) is 18.5 Å². The Morgan fingerprint density at radius 2 is 2.33 bits per heavy atom. The van der Waals surface area contributed by atoms with Gasteiger partial charge in [-0.2, -0.15) is 0 Å². The zero-order valence-corrected chi connectivity index (χ0v) is 15.0. The average Bonchev–Trinajstić information content (AvgIpc) is 3.03. The molecule has 1 unspecified atom stereocenters. The molecule has 3 rings (SSSR count). The second-order valence-corrected chi connectivity index (χ2v) is 7.01. The molecule has 1 N–H and O–H groups in total. The van der Waals surface area contributed by atoms with Crippen molar-refractivity contribution in [2.24, 2.45) is 5.92 Å². The zero-order valence-electron chi connectivity index (χ0n) is 14.2. The molecule has 0 bridgehead atoms. The van der Waals surface area contributed by atoms with E-state index in [9.17, 15) is 4.79 Å². The fourth-order valence-electron chi connectivity index (χ4n) is 2.77. The molecule has 1 aromatic carbocycles. The molecule has 128 valence electrons. The summed E-state index contributed by atoms with van der Waals surface area (Å²) < 4.78 is 11.3. The molecule has 5 nitrogen and oxygen atoms in total. The monoisotopic (exact) mass is 346 g/mol. The van der Waals surface area contributed by atoms with Crippen molar-refractivity contribution in [2.45, 2.75) is 33.1 Å². The Labute approximate surface area is 146 Å². The molecular formula is C18H22N2O3S. The van der Waals surface area contributed by atoms with Crippen molar-refractivity contribution in [3.8, 4) is 11.5 Å². The molecule has 6 heteroatoms. The number of amides is 1. The van der Waals surface area contributed by atoms with Gasteiger partial charge in [0.25, 0.3) is 0 Å². The smallest absolute Gasteiger partial charge is 0.232 e. The van der Waals surface area contributed by atoms with Crippen LogP contribution < -0.4 is 14.8 Å². The van der Waals surface area contributed by atoms with Gasteiger partial charge in [0, 0.05) is 0 Å². The summed E-state index contributed by atoms with van der Waals surface area (Å²) in [6, 6.07) is 5.76. The number of rotatable bonds is 5. The van der Waals surface area contributed by atoms with Crippen LogP contribution in [0, 0.1) is 5.92 Å². The highest BCUT2D eigenvalue weighted by atomic mass is 32.1. The number of anilines is 1. The zero-order chi connectivity index (χ0) is 17.1. The van der Waals surface area contributed by atoms with Crippen molar-refractivity contribution in [1.82, 2.24) is 4.98 Å². The third-order valence-electron chi connectivity index (χ3n) is 3.98. The number of aromatic nitrogens is 1. The van der Waals surface area contributed by atoms with E-state index < -0.39 is 0 Å². The molecule has 2 heterocycles. The number of carbonyl (C=O) groups is 1. The number of ether oxygens (including phenoxy) is 2. The van der Waals surface area contributed by atoms with Crippen LogP contribution in [0.5, 0.6) is 11.5 Å². The molecule has 1 aliphatic rings. The van der Waals surface area contributed by atoms with Crippen LogP contribution in [0.15, 0.2) is 23.7 Å². The van der Waals surface area contributed by atoms with E-state index in [1.165, 1.54) is 0 Å². The van der Waals surface area contributed by atoms with Crippen molar-refractivity contribution >= 4 is 23.1 Å². The van der Waals surface area contributed by atoms with Crippen molar-refractivity contribution < 1.29 is 14.3 Å². The molecule has 1 atom stereocenters. The summed E-state index contributed by atoms with van der Waals surface area (Å²) >= 11 is 1.57. The maximum atomic E-state index is 12.6. The minimum Gasteiger partial charge on any atom is -0.494 e. The second kappa shape index (κ2) is 7.21. The van der Waals surface area contributed by atoms with Crippen molar-refractivity contribution in [3.63, 3.8) is 0 Å². The average molecular weight is 346 g/mol. The first-order valence-electron chi connectivity index (χ1n) is 8.21. The van der Waals surface area contributed by atoms with Crippen LogP contribution in [0.1, 0.15) is 37.1 Å². The van der Waals surface area contributed by atoms with Gasteiger partial charge < -0.3 is 14.8 Å². The number of benzene rings is 1. The highest BCUT2D eigenvalue weighted by Crippen LogP contribution is 2.32. The highest BCUT2D eigenvalue weighted by molar-refractivity contribution is 7.10. The molecule has 0 fully saturated rings. The Bertz CT molecular complexity index is 727. The quantitative estimate of drug-likeness (QED) is 0.893. The SMILES string of the molecule is CCOc1ccc2c(c1)CC(C(=O)Nc1ncsc1C(C)C)CO2. The van der Waals surface area contributed by atoms with Gasteiger partial charge in [-0.05, 0) is 43.0 Å². The molecular weight excluding hydrogens is 324 g/mol. The number of hydrogen-bond donors (Lipinski definition) is 1. The molecule has 0 radical (unpaired) electrons. The highest BCUT2D eigenvalue weighted by Gasteiger charge is 2.27. The Kier molecular flexibility index (Phi) is 5.04. The lowest BCUT2D eigenvalue weighted by Crippen LogP contribution is -2.33. The van der Waals surface area contributed by atoms with E-state index in [1.807, 2.05) is 25.1 Å². The number of thiazole rings is 1. The van der Waals surface area contributed by atoms with Crippen LogP contribution in [-0.4, -0.2) is 24.1 Å². The minimum atomic E-state index is -0.226. The summed E-state index contributed by atoms with van der Waals surface area (Å²) in [5, 5.41) is 2.96. The van der Waals surface area contributed by atoms with Gasteiger partial charge in [0.05, 0.1) is 22.9 Å². The predicted octanol–water partition coefficient (Wildman–Crippen LogP) is 3.86. The molecule has 1 aliphatic heterocycles. The van der Waals surface area contributed by atoms with Gasteiger partial charge in [-0.15, -0.1) is 11.3 Å². The Morgan fingerprint density at radius 3 is 3.08 bits per heavy atom. The van der Waals surface area contributed by atoms with Crippen LogP contribution in [0.2, 0.25) is 0 Å². The summed E-state index contributed by atoms with van der Waals surface area (Å²) in [5.74, 6) is 2.38. The first-order chi connectivity index (χ1) is 11.6. The van der Waals surface area contributed by atoms with Crippen LogP contribution in [0.25, 0.3) is 0 Å². The Hall–Kier alpha value is -2.08.